The van der Waals surface area contributed by atoms with Crippen LogP contribution >= 0.6 is 0 Å². The number of rotatable bonds is 6. The van der Waals surface area contributed by atoms with E-state index in [-0.39, 0.29) is 10.6 Å². The van der Waals surface area contributed by atoms with Gasteiger partial charge in [0.15, 0.2) is 0 Å². The smallest absolute Gasteiger partial charge is 0.278 e. The van der Waals surface area contributed by atoms with Gasteiger partial charge in [0.05, 0.1) is 35.8 Å². The molecule has 27 heavy (non-hydrogen) atoms. The van der Waals surface area contributed by atoms with E-state index in [4.69, 9.17) is 9.47 Å². The van der Waals surface area contributed by atoms with Crippen LogP contribution in [0.3, 0.4) is 0 Å². The van der Waals surface area contributed by atoms with E-state index in [1.807, 2.05) is 0 Å². The summed E-state index contributed by atoms with van der Waals surface area (Å²) in [6, 6.07) is 7.12. The van der Waals surface area contributed by atoms with Crippen LogP contribution in [0.2, 0.25) is 0 Å². The largest absolute Gasteiger partial charge is 0.382 e. The van der Waals surface area contributed by atoms with E-state index in [1.165, 1.54) is 0 Å². The highest BCUT2D eigenvalue weighted by Gasteiger charge is 2.31. The molecule has 1 N–H and O–H groups in total. The van der Waals surface area contributed by atoms with E-state index in [2.05, 4.69) is 15.2 Å². The fourth-order valence-electron chi connectivity index (χ4n) is 4.03. The molecule has 0 amide bonds. The van der Waals surface area contributed by atoms with Gasteiger partial charge in [-0.25, -0.2) is 0 Å². The van der Waals surface area contributed by atoms with Gasteiger partial charge in [0.1, 0.15) is 5.52 Å². The standard InChI is InChI=1S/C19H24N4O4/c24-23(25)17-4-3-16(19-15(17)2-1-6-20-19)21-12-18(14-5-9-27-13-14)22-7-10-26-11-8-22/h1-4,6,14,18,21H,5,7-13H2/t14-,18-/m1/s1. The predicted octanol–water partition coefficient (Wildman–Crippen LogP) is 2.29. The maximum Gasteiger partial charge on any atom is 0.278 e. The van der Waals surface area contributed by atoms with Gasteiger partial charge in [0.2, 0.25) is 0 Å². The van der Waals surface area contributed by atoms with E-state index >= 15 is 0 Å². The Bertz CT molecular complexity index is 803. The number of nitrogens with one attached hydrogen (secondary N) is 1. The lowest BCUT2D eigenvalue weighted by Gasteiger charge is -2.37. The van der Waals surface area contributed by atoms with Crippen LogP contribution in [0.1, 0.15) is 6.42 Å². The molecule has 1 aromatic carbocycles. The van der Waals surface area contributed by atoms with Crippen LogP contribution in [-0.4, -0.2) is 66.9 Å². The average Bonchev–Trinajstić information content (AvgIpc) is 3.23. The third kappa shape index (κ3) is 3.87. The fraction of sp³-hybridized carbons (Fsp3) is 0.526. The number of aromatic nitrogens is 1. The highest BCUT2D eigenvalue weighted by Crippen LogP contribution is 2.30. The highest BCUT2D eigenvalue weighted by atomic mass is 16.6. The monoisotopic (exact) mass is 372 g/mol. The molecule has 2 fully saturated rings. The molecule has 2 aliphatic heterocycles. The minimum absolute atomic E-state index is 0.0811. The molecule has 0 unspecified atom stereocenters. The van der Waals surface area contributed by atoms with Gasteiger partial charge in [0.25, 0.3) is 5.69 Å². The molecule has 1 aromatic heterocycles. The average molecular weight is 372 g/mol. The van der Waals surface area contributed by atoms with Crippen LogP contribution in [-0.2, 0) is 9.47 Å². The number of nitro benzene ring substituents is 1. The second-order valence-corrected chi connectivity index (χ2v) is 7.01. The molecule has 0 aliphatic carbocycles. The van der Waals surface area contributed by atoms with Gasteiger partial charge in [-0.2, -0.15) is 0 Å². The Hall–Kier alpha value is -2.29. The van der Waals surface area contributed by atoms with Gasteiger partial charge < -0.3 is 14.8 Å². The minimum Gasteiger partial charge on any atom is -0.382 e. The number of non-ortho nitro benzene ring substituents is 1. The highest BCUT2D eigenvalue weighted by molar-refractivity contribution is 5.96. The summed E-state index contributed by atoms with van der Waals surface area (Å²) < 4.78 is 11.1. The Balaban J connectivity index is 1.57. The molecule has 2 aromatic rings. The summed E-state index contributed by atoms with van der Waals surface area (Å²) in [5, 5.41) is 15.4. The number of hydrogen-bond donors (Lipinski definition) is 1. The van der Waals surface area contributed by atoms with E-state index < -0.39 is 0 Å². The third-order valence-electron chi connectivity index (χ3n) is 5.47. The molecule has 4 rings (SSSR count). The van der Waals surface area contributed by atoms with Gasteiger partial charge in [-0.1, -0.05) is 0 Å². The number of hydrogen-bond acceptors (Lipinski definition) is 7. The van der Waals surface area contributed by atoms with Crippen LogP contribution in [0.15, 0.2) is 30.5 Å². The fourth-order valence-corrected chi connectivity index (χ4v) is 4.03. The van der Waals surface area contributed by atoms with Crippen molar-refractivity contribution in [3.8, 4) is 0 Å². The van der Waals surface area contributed by atoms with Crippen molar-refractivity contribution in [1.82, 2.24) is 9.88 Å². The first-order chi connectivity index (χ1) is 13.2. The molecule has 144 valence electrons. The zero-order chi connectivity index (χ0) is 18.6. The molecular weight excluding hydrogens is 348 g/mol. The predicted molar refractivity (Wildman–Crippen MR) is 102 cm³/mol. The molecule has 0 saturated carbocycles. The van der Waals surface area contributed by atoms with Crippen LogP contribution in [0, 0.1) is 16.0 Å². The number of nitrogens with zero attached hydrogens (tertiary/aromatic N) is 3. The maximum absolute atomic E-state index is 11.3. The molecule has 0 bridgehead atoms. The number of anilines is 1. The number of nitro groups is 1. The zero-order valence-electron chi connectivity index (χ0n) is 15.2. The Morgan fingerprint density at radius 3 is 2.85 bits per heavy atom. The van der Waals surface area contributed by atoms with Crippen molar-refractivity contribution in [2.24, 2.45) is 5.92 Å². The topological polar surface area (TPSA) is 89.8 Å². The third-order valence-corrected chi connectivity index (χ3v) is 5.47. The number of benzene rings is 1. The zero-order valence-corrected chi connectivity index (χ0v) is 15.2. The summed E-state index contributed by atoms with van der Waals surface area (Å²) in [4.78, 5) is 17.8. The van der Waals surface area contributed by atoms with Crippen molar-refractivity contribution in [3.05, 3.63) is 40.6 Å². The molecular formula is C19H24N4O4. The second-order valence-electron chi connectivity index (χ2n) is 7.01. The van der Waals surface area contributed by atoms with Crippen molar-refractivity contribution in [3.63, 3.8) is 0 Å². The number of fused-ring (bicyclic) bond motifs is 1. The number of ether oxygens (including phenoxy) is 2. The van der Waals surface area contributed by atoms with Crippen LogP contribution in [0.5, 0.6) is 0 Å². The Kier molecular flexibility index (Phi) is 5.47. The molecule has 0 radical (unpaired) electrons. The summed E-state index contributed by atoms with van der Waals surface area (Å²) in [6.07, 6.45) is 2.73. The van der Waals surface area contributed by atoms with Crippen molar-refractivity contribution in [2.45, 2.75) is 12.5 Å². The Morgan fingerprint density at radius 1 is 1.26 bits per heavy atom. The van der Waals surface area contributed by atoms with Crippen molar-refractivity contribution in [2.75, 3.05) is 51.4 Å². The normalized spacial score (nSPS) is 22.0. The first kappa shape index (κ1) is 18.1. The van der Waals surface area contributed by atoms with E-state index in [0.717, 1.165) is 58.2 Å². The van der Waals surface area contributed by atoms with Gasteiger partial charge in [-0.15, -0.1) is 0 Å². The first-order valence-electron chi connectivity index (χ1n) is 9.39. The van der Waals surface area contributed by atoms with Crippen LogP contribution in [0.25, 0.3) is 10.9 Å². The molecule has 2 saturated heterocycles. The van der Waals surface area contributed by atoms with E-state index in [0.29, 0.717) is 22.9 Å². The molecule has 0 spiro atoms. The summed E-state index contributed by atoms with van der Waals surface area (Å²) in [7, 11) is 0. The molecule has 8 heteroatoms. The molecule has 3 heterocycles. The van der Waals surface area contributed by atoms with Crippen molar-refractivity contribution >= 4 is 22.3 Å². The lowest BCUT2D eigenvalue weighted by atomic mass is 9.96. The van der Waals surface area contributed by atoms with Gasteiger partial charge in [-0.05, 0) is 24.6 Å². The summed E-state index contributed by atoms with van der Waals surface area (Å²) in [5.41, 5.74) is 1.54. The van der Waals surface area contributed by atoms with Crippen LogP contribution in [0.4, 0.5) is 11.4 Å². The lowest BCUT2D eigenvalue weighted by Crippen LogP contribution is -2.50. The van der Waals surface area contributed by atoms with Gasteiger partial charge in [-0.3, -0.25) is 20.0 Å². The Labute approximate surface area is 157 Å². The minimum atomic E-state index is -0.361. The first-order valence-corrected chi connectivity index (χ1v) is 9.39. The maximum atomic E-state index is 11.3. The summed E-state index contributed by atoms with van der Waals surface area (Å²) in [5.74, 6) is 0.480. The molecule has 8 nitrogen and oxygen atoms in total. The van der Waals surface area contributed by atoms with Gasteiger partial charge in [0, 0.05) is 50.5 Å². The molecule has 2 atom stereocenters. The lowest BCUT2D eigenvalue weighted by molar-refractivity contribution is -0.383. The van der Waals surface area contributed by atoms with Crippen molar-refractivity contribution in [1.29, 1.82) is 0 Å². The summed E-state index contributed by atoms with van der Waals surface area (Å²) >= 11 is 0. The van der Waals surface area contributed by atoms with Crippen LogP contribution < -0.4 is 5.32 Å². The van der Waals surface area contributed by atoms with Gasteiger partial charge >= 0.3 is 0 Å². The summed E-state index contributed by atoms with van der Waals surface area (Å²) in [6.45, 7) is 5.69. The SMILES string of the molecule is O=[N+]([O-])c1ccc(NC[C@H]([C@@H]2CCOC2)N2CCOCC2)c2ncccc12. The number of pyridine rings is 1. The molecule has 2 aliphatic rings. The van der Waals surface area contributed by atoms with Crippen molar-refractivity contribution < 1.29 is 14.4 Å². The van der Waals surface area contributed by atoms with E-state index in [9.17, 15) is 10.1 Å². The second kappa shape index (κ2) is 8.16. The quantitative estimate of drug-likeness (QED) is 0.615. The van der Waals surface area contributed by atoms with E-state index in [1.54, 1.807) is 30.5 Å². The number of morpholine rings is 1. The Morgan fingerprint density at radius 2 is 2.11 bits per heavy atom.